The van der Waals surface area contributed by atoms with Gasteiger partial charge in [0, 0.05) is 37.1 Å². The maximum Gasteiger partial charge on any atom is 0.256 e. The normalized spacial score (nSPS) is 11.7. The molecule has 0 fully saturated rings. The van der Waals surface area contributed by atoms with E-state index in [9.17, 15) is 8.78 Å². The Labute approximate surface area is 151 Å². The third-order valence-corrected chi connectivity index (χ3v) is 3.46. The van der Waals surface area contributed by atoms with Gasteiger partial charge in [-0.25, -0.2) is 13.8 Å². The fourth-order valence-electron chi connectivity index (χ4n) is 1.98. The van der Waals surface area contributed by atoms with Crippen molar-refractivity contribution < 1.29 is 13.5 Å². The van der Waals surface area contributed by atoms with E-state index < -0.39 is 11.6 Å². The zero-order valence-electron chi connectivity index (χ0n) is 15.2. The minimum atomic E-state index is -0.967. The predicted octanol–water partition coefficient (Wildman–Crippen LogP) is 2.09. The van der Waals surface area contributed by atoms with Crippen LogP contribution in [0.4, 0.5) is 20.4 Å². The Morgan fingerprint density at radius 2 is 1.88 bits per heavy atom. The van der Waals surface area contributed by atoms with Crippen LogP contribution in [0.1, 0.15) is 5.69 Å². The van der Waals surface area contributed by atoms with Gasteiger partial charge in [-0.1, -0.05) is 0 Å². The van der Waals surface area contributed by atoms with Crippen molar-refractivity contribution >= 4 is 17.6 Å². The second-order valence-electron chi connectivity index (χ2n) is 5.93. The highest BCUT2D eigenvalue weighted by atomic mass is 19.2. The topological polar surface area (TPSA) is 79.9 Å². The fourth-order valence-corrected chi connectivity index (χ4v) is 1.98. The highest BCUT2D eigenvalue weighted by molar-refractivity contribution is 5.95. The summed E-state index contributed by atoms with van der Waals surface area (Å²) in [6, 6.07) is 5.15. The van der Waals surface area contributed by atoms with Crippen LogP contribution in [0, 0.1) is 18.6 Å². The van der Waals surface area contributed by atoms with Crippen molar-refractivity contribution in [2.75, 3.05) is 39.2 Å². The minimum absolute atomic E-state index is 0.0286. The zero-order chi connectivity index (χ0) is 19.3. The molecule has 0 atom stereocenters. The van der Waals surface area contributed by atoms with Crippen molar-refractivity contribution in [3.63, 3.8) is 0 Å². The molecule has 1 aromatic heterocycles. The van der Waals surface area contributed by atoms with E-state index in [1.54, 1.807) is 20.0 Å². The molecular formula is C17H22F2N6O. The number of aromatic nitrogens is 2. The van der Waals surface area contributed by atoms with Crippen molar-refractivity contribution in [3.05, 3.63) is 41.6 Å². The fraction of sp³-hybridized carbons (Fsp3) is 0.353. The number of rotatable bonds is 6. The molecule has 7 nitrogen and oxygen atoms in total. The molecular weight excluding hydrogens is 342 g/mol. The van der Waals surface area contributed by atoms with Crippen molar-refractivity contribution in [2.24, 2.45) is 10.7 Å². The molecule has 26 heavy (non-hydrogen) atoms. The van der Waals surface area contributed by atoms with Crippen LogP contribution in [0.5, 0.6) is 5.88 Å². The lowest BCUT2D eigenvalue weighted by Gasteiger charge is -2.18. The Morgan fingerprint density at radius 3 is 2.54 bits per heavy atom. The summed E-state index contributed by atoms with van der Waals surface area (Å²) in [5.74, 6) is -1.36. The number of nitrogens with zero attached hydrogens (tertiary/aromatic N) is 5. The van der Waals surface area contributed by atoms with E-state index in [4.69, 9.17) is 10.5 Å². The number of likely N-dealkylation sites (N-methyl/N-ethyl adjacent to an activating group) is 1. The lowest BCUT2D eigenvalue weighted by molar-refractivity contribution is 0.253. The molecule has 1 heterocycles. The summed E-state index contributed by atoms with van der Waals surface area (Å²) in [6.45, 7) is 2.99. The van der Waals surface area contributed by atoms with E-state index in [-0.39, 0.29) is 11.9 Å². The molecule has 9 heteroatoms. The largest absolute Gasteiger partial charge is 0.476 e. The number of anilines is 1. The number of hydrogen-bond donors (Lipinski definition) is 1. The van der Waals surface area contributed by atoms with Gasteiger partial charge in [0.2, 0.25) is 11.8 Å². The molecule has 0 saturated carbocycles. The number of nitrogens with two attached hydrogens (primary N) is 1. The molecule has 0 aliphatic rings. The first-order valence-corrected chi connectivity index (χ1v) is 7.92. The number of halogens is 2. The molecule has 0 bridgehead atoms. The van der Waals surface area contributed by atoms with Crippen molar-refractivity contribution in [2.45, 2.75) is 6.92 Å². The molecule has 2 aromatic rings. The van der Waals surface area contributed by atoms with Crippen molar-refractivity contribution in [1.29, 1.82) is 0 Å². The van der Waals surface area contributed by atoms with Crippen LogP contribution in [0.3, 0.4) is 0 Å². The third-order valence-electron chi connectivity index (χ3n) is 3.46. The Morgan fingerprint density at radius 1 is 1.15 bits per heavy atom. The quantitative estimate of drug-likeness (QED) is 0.625. The molecule has 2 N–H and O–H groups in total. The first-order chi connectivity index (χ1) is 12.3. The maximum absolute atomic E-state index is 13.4. The number of benzene rings is 1. The van der Waals surface area contributed by atoms with Gasteiger partial charge in [-0.2, -0.15) is 9.98 Å². The highest BCUT2D eigenvalue weighted by Gasteiger charge is 2.11. The summed E-state index contributed by atoms with van der Waals surface area (Å²) in [4.78, 5) is 15.9. The van der Waals surface area contributed by atoms with Gasteiger partial charge >= 0.3 is 0 Å². The van der Waals surface area contributed by atoms with E-state index in [0.29, 0.717) is 23.9 Å². The van der Waals surface area contributed by atoms with Crippen LogP contribution in [-0.4, -0.2) is 55.1 Å². The van der Waals surface area contributed by atoms with Gasteiger partial charge in [-0.05, 0) is 33.2 Å². The summed E-state index contributed by atoms with van der Waals surface area (Å²) in [7, 11) is 5.47. The summed E-state index contributed by atoms with van der Waals surface area (Å²) in [5.41, 5.74) is 6.96. The van der Waals surface area contributed by atoms with Crippen LogP contribution in [0.15, 0.2) is 29.3 Å². The maximum atomic E-state index is 13.4. The predicted molar refractivity (Wildman–Crippen MR) is 96.9 cm³/mol. The summed E-state index contributed by atoms with van der Waals surface area (Å²) in [5, 5.41) is 0. The van der Waals surface area contributed by atoms with E-state index in [2.05, 4.69) is 15.0 Å². The Kier molecular flexibility index (Phi) is 6.40. The highest BCUT2D eigenvalue weighted by Crippen LogP contribution is 2.18. The van der Waals surface area contributed by atoms with E-state index in [0.717, 1.165) is 18.7 Å². The Balaban J connectivity index is 2.18. The smallest absolute Gasteiger partial charge is 0.256 e. The molecule has 0 radical (unpaired) electrons. The zero-order valence-corrected chi connectivity index (χ0v) is 15.2. The van der Waals surface area contributed by atoms with Crippen LogP contribution in [0.2, 0.25) is 0 Å². The molecule has 140 valence electrons. The Bertz CT molecular complexity index is 797. The van der Waals surface area contributed by atoms with Gasteiger partial charge in [-0.15, -0.1) is 0 Å². The monoisotopic (exact) mass is 364 g/mol. The SMILES string of the molecule is Cc1cc(OCCN(C)C)nc(N=C(N)N(C)c2ccc(F)c(F)c2)n1. The van der Waals surface area contributed by atoms with Gasteiger partial charge in [-0.3, -0.25) is 0 Å². The molecule has 2 rings (SSSR count). The average Bonchev–Trinajstić information content (AvgIpc) is 2.55. The molecule has 0 unspecified atom stereocenters. The van der Waals surface area contributed by atoms with Gasteiger partial charge in [0.1, 0.15) is 6.61 Å². The van der Waals surface area contributed by atoms with Crippen molar-refractivity contribution in [3.8, 4) is 5.88 Å². The summed E-state index contributed by atoms with van der Waals surface area (Å²) in [6.07, 6.45) is 0. The average molecular weight is 364 g/mol. The molecule has 1 aromatic carbocycles. The molecule has 0 aliphatic carbocycles. The minimum Gasteiger partial charge on any atom is -0.476 e. The van der Waals surface area contributed by atoms with Crippen LogP contribution in [-0.2, 0) is 0 Å². The van der Waals surface area contributed by atoms with Gasteiger partial charge in [0.25, 0.3) is 5.95 Å². The van der Waals surface area contributed by atoms with E-state index in [1.165, 1.54) is 11.0 Å². The number of guanidine groups is 1. The number of hydrogen-bond acceptors (Lipinski definition) is 5. The molecule has 0 spiro atoms. The van der Waals surface area contributed by atoms with Crippen molar-refractivity contribution in [1.82, 2.24) is 14.9 Å². The molecule has 0 aliphatic heterocycles. The van der Waals surface area contributed by atoms with Gasteiger partial charge in [0.15, 0.2) is 11.6 Å². The first-order valence-electron chi connectivity index (χ1n) is 7.92. The van der Waals surface area contributed by atoms with E-state index in [1.807, 2.05) is 19.0 Å². The lowest BCUT2D eigenvalue weighted by atomic mass is 10.3. The second-order valence-corrected chi connectivity index (χ2v) is 5.93. The van der Waals surface area contributed by atoms with Crippen LogP contribution >= 0.6 is 0 Å². The summed E-state index contributed by atoms with van der Waals surface area (Å²) >= 11 is 0. The number of aryl methyl sites for hydroxylation is 1. The number of aliphatic imine (C=N–C) groups is 1. The first kappa shape index (κ1) is 19.5. The lowest BCUT2D eigenvalue weighted by Crippen LogP contribution is -2.33. The Hall–Kier alpha value is -2.81. The van der Waals surface area contributed by atoms with Crippen LogP contribution < -0.4 is 15.4 Å². The third kappa shape index (κ3) is 5.35. The second kappa shape index (κ2) is 8.52. The van der Waals surface area contributed by atoms with E-state index >= 15 is 0 Å². The standard InChI is InChI=1S/C17H22F2N6O/c1-11-9-15(26-8-7-24(2)3)22-17(21-11)23-16(20)25(4)12-5-6-13(18)14(19)10-12/h5-6,9-10H,7-8H2,1-4H3,(H2,20,21,22,23). The molecule has 0 saturated heterocycles. The summed E-state index contributed by atoms with van der Waals surface area (Å²) < 4.78 is 32.0. The molecule has 0 amide bonds. The van der Waals surface area contributed by atoms with Crippen LogP contribution in [0.25, 0.3) is 0 Å². The number of ether oxygens (including phenoxy) is 1. The van der Waals surface area contributed by atoms with Gasteiger partial charge < -0.3 is 20.3 Å². The van der Waals surface area contributed by atoms with Gasteiger partial charge in [0.05, 0.1) is 0 Å².